The zero-order chi connectivity index (χ0) is 27.9. The minimum atomic E-state index is -0.287. The highest BCUT2D eigenvalue weighted by Crippen LogP contribution is 2.35. The Balaban J connectivity index is 1.35. The van der Waals surface area contributed by atoms with Crippen molar-refractivity contribution in [3.8, 4) is 28.6 Å². The van der Waals surface area contributed by atoms with Crippen LogP contribution in [0.4, 0.5) is 0 Å². The molecule has 0 bridgehead atoms. The summed E-state index contributed by atoms with van der Waals surface area (Å²) >= 11 is 0. The first-order valence-electron chi connectivity index (χ1n) is 13.4. The van der Waals surface area contributed by atoms with Gasteiger partial charge in [0.2, 0.25) is 11.2 Å². The van der Waals surface area contributed by atoms with Crippen LogP contribution in [0.5, 0.6) is 17.2 Å². The first-order chi connectivity index (χ1) is 20.2. The zero-order valence-corrected chi connectivity index (χ0v) is 22.4. The largest absolute Gasteiger partial charge is 0.489 e. The fourth-order valence-corrected chi connectivity index (χ4v) is 4.54. The predicted molar refractivity (Wildman–Crippen MR) is 160 cm³/mol. The van der Waals surface area contributed by atoms with Crippen LogP contribution in [0.1, 0.15) is 16.7 Å². The molecule has 0 fully saturated rings. The van der Waals surface area contributed by atoms with Gasteiger partial charge in [-0.1, -0.05) is 97.1 Å². The summed E-state index contributed by atoms with van der Waals surface area (Å²) in [7, 11) is 0. The Morgan fingerprint density at radius 3 is 1.63 bits per heavy atom. The minimum absolute atomic E-state index is 0.134. The van der Waals surface area contributed by atoms with Gasteiger partial charge in [-0.2, -0.15) is 0 Å². The van der Waals surface area contributed by atoms with Crippen LogP contribution in [0.3, 0.4) is 0 Å². The number of ether oxygens (including phenoxy) is 3. The molecule has 0 atom stereocenters. The topological polar surface area (TPSA) is 57.9 Å². The summed E-state index contributed by atoms with van der Waals surface area (Å²) in [4.78, 5) is 14.0. The lowest BCUT2D eigenvalue weighted by molar-refractivity contribution is 0.295. The molecular formula is C36H28O5. The van der Waals surface area contributed by atoms with Crippen LogP contribution in [0.15, 0.2) is 143 Å². The molecule has 6 rings (SSSR count). The van der Waals surface area contributed by atoms with E-state index in [4.69, 9.17) is 18.6 Å². The maximum absolute atomic E-state index is 14.0. The number of benzene rings is 5. The van der Waals surface area contributed by atoms with Gasteiger partial charge in [0.05, 0.1) is 0 Å². The van der Waals surface area contributed by atoms with Gasteiger partial charge in [-0.25, -0.2) is 0 Å². The third-order valence-corrected chi connectivity index (χ3v) is 6.67. The SMILES string of the molecule is O=c1c(OCc2ccccc2)c(-c2ccc(OCc3ccccc3)cc2)oc2cccc(OCc3ccccc3)c12. The molecule has 6 aromatic rings. The molecule has 1 heterocycles. The molecule has 5 nitrogen and oxygen atoms in total. The molecule has 0 aliphatic rings. The second-order valence-electron chi connectivity index (χ2n) is 9.57. The molecule has 0 saturated carbocycles. The quantitative estimate of drug-likeness (QED) is 0.175. The average Bonchev–Trinajstić information content (AvgIpc) is 3.04. The summed E-state index contributed by atoms with van der Waals surface area (Å²) in [5.41, 5.74) is 3.86. The first kappa shape index (κ1) is 26.0. The van der Waals surface area contributed by atoms with Gasteiger partial charge in [0, 0.05) is 5.56 Å². The monoisotopic (exact) mass is 540 g/mol. The van der Waals surface area contributed by atoms with Crippen molar-refractivity contribution in [2.24, 2.45) is 0 Å². The summed E-state index contributed by atoms with van der Waals surface area (Å²) in [5, 5.41) is 0.345. The Labute approximate surface area is 238 Å². The van der Waals surface area contributed by atoms with E-state index in [0.717, 1.165) is 16.7 Å². The standard InChI is InChI=1S/C36H28O5/c37-34-33-31(39-24-27-13-6-2-7-14-27)17-10-18-32(33)41-35(36(34)40-25-28-15-8-3-9-16-28)29-19-21-30(22-20-29)38-23-26-11-4-1-5-12-26/h1-22H,23-25H2. The molecule has 0 aliphatic carbocycles. The van der Waals surface area contributed by atoms with Crippen molar-refractivity contribution < 1.29 is 18.6 Å². The van der Waals surface area contributed by atoms with E-state index < -0.39 is 0 Å². The zero-order valence-electron chi connectivity index (χ0n) is 22.4. The summed E-state index contributed by atoms with van der Waals surface area (Å²) < 4.78 is 24.6. The van der Waals surface area contributed by atoms with E-state index in [1.54, 1.807) is 12.1 Å². The predicted octanol–water partition coefficient (Wildman–Crippen LogP) is 8.20. The molecular weight excluding hydrogens is 512 g/mol. The van der Waals surface area contributed by atoms with Crippen molar-refractivity contribution in [3.63, 3.8) is 0 Å². The molecule has 5 aromatic carbocycles. The highest BCUT2D eigenvalue weighted by molar-refractivity contribution is 5.87. The van der Waals surface area contributed by atoms with Gasteiger partial charge in [-0.15, -0.1) is 0 Å². The summed E-state index contributed by atoms with van der Waals surface area (Å²) in [6.07, 6.45) is 0. The summed E-state index contributed by atoms with van der Waals surface area (Å²) in [5.74, 6) is 1.65. The van der Waals surface area contributed by atoms with E-state index in [0.29, 0.717) is 47.0 Å². The normalized spacial score (nSPS) is 10.8. The van der Waals surface area contributed by atoms with Crippen LogP contribution in [-0.2, 0) is 19.8 Å². The van der Waals surface area contributed by atoms with Crippen LogP contribution < -0.4 is 19.6 Å². The third kappa shape index (κ3) is 6.15. The maximum atomic E-state index is 14.0. The summed E-state index contributed by atoms with van der Waals surface area (Å²) in [6, 6.07) is 42.4. The molecule has 0 spiro atoms. The van der Waals surface area contributed by atoms with Gasteiger partial charge < -0.3 is 18.6 Å². The van der Waals surface area contributed by atoms with E-state index in [1.165, 1.54) is 0 Å². The Hall–Kier alpha value is -5.29. The minimum Gasteiger partial charge on any atom is -0.489 e. The van der Waals surface area contributed by atoms with E-state index in [9.17, 15) is 4.79 Å². The fourth-order valence-electron chi connectivity index (χ4n) is 4.54. The number of fused-ring (bicyclic) bond motifs is 1. The number of hydrogen-bond acceptors (Lipinski definition) is 5. The Morgan fingerprint density at radius 2 is 1.05 bits per heavy atom. The molecule has 0 saturated heterocycles. The lowest BCUT2D eigenvalue weighted by Gasteiger charge is -2.14. The molecule has 0 radical (unpaired) electrons. The van der Waals surface area contributed by atoms with Crippen LogP contribution in [0.25, 0.3) is 22.3 Å². The lowest BCUT2D eigenvalue weighted by atomic mass is 10.1. The molecule has 1 aromatic heterocycles. The van der Waals surface area contributed by atoms with E-state index in [2.05, 4.69) is 0 Å². The van der Waals surface area contributed by atoms with Gasteiger partial charge >= 0.3 is 0 Å². The second kappa shape index (κ2) is 12.3. The number of hydrogen-bond donors (Lipinski definition) is 0. The molecule has 0 N–H and O–H groups in total. The smallest absolute Gasteiger partial charge is 0.239 e. The van der Waals surface area contributed by atoms with E-state index >= 15 is 0 Å². The van der Waals surface area contributed by atoms with Gasteiger partial charge in [0.1, 0.15) is 42.3 Å². The van der Waals surface area contributed by atoms with Gasteiger partial charge in [-0.05, 0) is 53.1 Å². The second-order valence-corrected chi connectivity index (χ2v) is 9.57. The van der Waals surface area contributed by atoms with Gasteiger partial charge in [0.25, 0.3) is 0 Å². The van der Waals surface area contributed by atoms with Crippen LogP contribution in [-0.4, -0.2) is 0 Å². The van der Waals surface area contributed by atoms with Crippen molar-refractivity contribution >= 4 is 11.0 Å². The first-order valence-corrected chi connectivity index (χ1v) is 13.4. The van der Waals surface area contributed by atoms with Crippen LogP contribution in [0, 0.1) is 0 Å². The summed E-state index contributed by atoms with van der Waals surface area (Å²) in [6.45, 7) is 1.00. The molecule has 0 amide bonds. The molecule has 41 heavy (non-hydrogen) atoms. The van der Waals surface area contributed by atoms with Gasteiger partial charge in [0.15, 0.2) is 5.76 Å². The van der Waals surface area contributed by atoms with Crippen LogP contribution >= 0.6 is 0 Å². The Morgan fingerprint density at radius 1 is 0.512 bits per heavy atom. The van der Waals surface area contributed by atoms with Crippen LogP contribution in [0.2, 0.25) is 0 Å². The van der Waals surface area contributed by atoms with Crippen molar-refractivity contribution in [1.82, 2.24) is 0 Å². The van der Waals surface area contributed by atoms with Gasteiger partial charge in [-0.3, -0.25) is 4.79 Å². The maximum Gasteiger partial charge on any atom is 0.239 e. The van der Waals surface area contributed by atoms with E-state index in [-0.39, 0.29) is 17.8 Å². The third-order valence-electron chi connectivity index (χ3n) is 6.67. The highest BCUT2D eigenvalue weighted by Gasteiger charge is 2.21. The molecule has 0 unspecified atom stereocenters. The van der Waals surface area contributed by atoms with Crippen molar-refractivity contribution in [2.75, 3.05) is 0 Å². The average molecular weight is 541 g/mol. The van der Waals surface area contributed by atoms with Crippen molar-refractivity contribution in [2.45, 2.75) is 19.8 Å². The molecule has 0 aliphatic heterocycles. The Kier molecular flexibility index (Phi) is 7.77. The van der Waals surface area contributed by atoms with Crippen molar-refractivity contribution in [3.05, 3.63) is 160 Å². The lowest BCUT2D eigenvalue weighted by Crippen LogP contribution is -2.11. The fraction of sp³-hybridized carbons (Fsp3) is 0.0833. The Bertz CT molecular complexity index is 1780. The number of rotatable bonds is 10. The molecule has 5 heteroatoms. The molecule has 202 valence electrons. The van der Waals surface area contributed by atoms with E-state index in [1.807, 2.05) is 121 Å². The highest BCUT2D eigenvalue weighted by atomic mass is 16.5. The van der Waals surface area contributed by atoms with Crippen molar-refractivity contribution in [1.29, 1.82) is 0 Å².